The quantitative estimate of drug-likeness (QED) is 0.570. The Morgan fingerprint density at radius 1 is 1.22 bits per heavy atom. The zero-order valence-electron chi connectivity index (χ0n) is 11.5. The van der Waals surface area contributed by atoms with Crippen LogP contribution in [-0.2, 0) is 9.53 Å². The van der Waals surface area contributed by atoms with Gasteiger partial charge in [0.15, 0.2) is 0 Å². The molecule has 18 heavy (non-hydrogen) atoms. The Morgan fingerprint density at radius 3 is 2.28 bits per heavy atom. The van der Waals surface area contributed by atoms with Crippen LogP contribution in [0.4, 0.5) is 4.79 Å². The summed E-state index contributed by atoms with van der Waals surface area (Å²) in [6.45, 7) is 9.00. The number of carbonyl (C=O) groups excluding carboxylic acids is 1. The number of hydrogen-bond acceptors (Lipinski definition) is 3. The molecule has 0 aromatic rings. The molecule has 0 spiro atoms. The molecule has 6 heteroatoms. The molecule has 0 aliphatic heterocycles. The summed E-state index contributed by atoms with van der Waals surface area (Å²) in [7, 11) is 0. The molecule has 1 unspecified atom stereocenters. The zero-order valence-corrected chi connectivity index (χ0v) is 11.5. The monoisotopic (exact) mass is 260 g/mol. The summed E-state index contributed by atoms with van der Waals surface area (Å²) in [6.07, 6.45) is 0. The number of ether oxygens (including phenoxy) is 1. The van der Waals surface area contributed by atoms with E-state index in [0.29, 0.717) is 25.7 Å². The normalized spacial score (nSPS) is 12.6. The number of rotatable bonds is 8. The fraction of sp³-hybridized carbons (Fsp3) is 0.833. The Balaban J connectivity index is 3.79. The highest BCUT2D eigenvalue weighted by molar-refractivity contribution is 5.82. The summed E-state index contributed by atoms with van der Waals surface area (Å²) >= 11 is 0. The molecular weight excluding hydrogens is 236 g/mol. The first-order valence-corrected chi connectivity index (χ1v) is 6.19. The van der Waals surface area contributed by atoms with E-state index in [2.05, 4.69) is 10.6 Å². The van der Waals surface area contributed by atoms with E-state index in [1.807, 2.05) is 13.8 Å². The van der Waals surface area contributed by atoms with Crippen LogP contribution in [0.15, 0.2) is 0 Å². The van der Waals surface area contributed by atoms with Crippen LogP contribution in [0.25, 0.3) is 0 Å². The molecule has 0 saturated heterocycles. The number of carboxylic acid groups (broad SMARTS) is 1. The fourth-order valence-corrected chi connectivity index (χ4v) is 1.26. The van der Waals surface area contributed by atoms with Crippen molar-refractivity contribution in [1.29, 1.82) is 0 Å². The van der Waals surface area contributed by atoms with Gasteiger partial charge in [-0.25, -0.2) is 9.59 Å². The van der Waals surface area contributed by atoms with Crippen molar-refractivity contribution in [3.8, 4) is 0 Å². The third kappa shape index (κ3) is 7.89. The van der Waals surface area contributed by atoms with E-state index in [1.165, 1.54) is 0 Å². The van der Waals surface area contributed by atoms with Gasteiger partial charge in [-0.1, -0.05) is 27.7 Å². The number of carboxylic acids is 1. The average molecular weight is 260 g/mol. The number of aliphatic carboxylic acids is 1. The molecule has 0 rings (SSSR count). The summed E-state index contributed by atoms with van der Waals surface area (Å²) in [4.78, 5) is 22.3. The van der Waals surface area contributed by atoms with Crippen LogP contribution in [-0.4, -0.2) is 42.9 Å². The summed E-state index contributed by atoms with van der Waals surface area (Å²) in [5.74, 6) is -0.738. The van der Waals surface area contributed by atoms with Gasteiger partial charge < -0.3 is 20.5 Å². The molecule has 0 aromatic carbocycles. The van der Waals surface area contributed by atoms with Crippen molar-refractivity contribution in [2.45, 2.75) is 33.7 Å². The van der Waals surface area contributed by atoms with E-state index >= 15 is 0 Å². The van der Waals surface area contributed by atoms with Crippen LogP contribution in [0.3, 0.4) is 0 Å². The molecule has 0 heterocycles. The van der Waals surface area contributed by atoms with Crippen molar-refractivity contribution in [2.24, 2.45) is 11.8 Å². The van der Waals surface area contributed by atoms with Crippen molar-refractivity contribution in [3.05, 3.63) is 0 Å². The minimum atomic E-state index is -1.03. The molecule has 0 fully saturated rings. The van der Waals surface area contributed by atoms with E-state index in [1.54, 1.807) is 13.8 Å². The first kappa shape index (κ1) is 16.7. The van der Waals surface area contributed by atoms with Crippen molar-refractivity contribution >= 4 is 12.0 Å². The van der Waals surface area contributed by atoms with Gasteiger partial charge in [-0.15, -0.1) is 0 Å². The van der Waals surface area contributed by atoms with Crippen molar-refractivity contribution in [2.75, 3.05) is 19.8 Å². The molecule has 1 atom stereocenters. The molecule has 3 N–H and O–H groups in total. The van der Waals surface area contributed by atoms with Crippen molar-refractivity contribution in [1.82, 2.24) is 10.6 Å². The Kier molecular flexibility index (Phi) is 8.11. The van der Waals surface area contributed by atoms with Gasteiger partial charge in [0, 0.05) is 13.2 Å². The van der Waals surface area contributed by atoms with Gasteiger partial charge in [-0.2, -0.15) is 0 Å². The first-order chi connectivity index (χ1) is 8.34. The van der Waals surface area contributed by atoms with E-state index in [9.17, 15) is 9.59 Å². The molecule has 0 aliphatic carbocycles. The molecule has 0 aromatic heterocycles. The number of amides is 2. The second-order valence-electron chi connectivity index (χ2n) is 4.93. The van der Waals surface area contributed by atoms with Crippen LogP contribution >= 0.6 is 0 Å². The van der Waals surface area contributed by atoms with Crippen LogP contribution < -0.4 is 10.6 Å². The molecule has 2 amide bonds. The smallest absolute Gasteiger partial charge is 0.326 e. The predicted molar refractivity (Wildman–Crippen MR) is 68.5 cm³/mol. The Labute approximate surface area is 108 Å². The lowest BCUT2D eigenvalue weighted by Crippen LogP contribution is -2.49. The number of carbonyl (C=O) groups is 2. The standard InChI is InChI=1S/C12H24N2O4/c1-8(2)7-18-6-5-13-12(17)14-10(9(3)4)11(15)16/h8-10H,5-7H2,1-4H3,(H,15,16)(H2,13,14,17). The van der Waals surface area contributed by atoms with Gasteiger partial charge in [0.1, 0.15) is 6.04 Å². The van der Waals surface area contributed by atoms with E-state index in [0.717, 1.165) is 0 Å². The highest BCUT2D eigenvalue weighted by atomic mass is 16.5. The maximum atomic E-state index is 11.4. The van der Waals surface area contributed by atoms with E-state index in [-0.39, 0.29) is 5.92 Å². The zero-order chi connectivity index (χ0) is 14.1. The van der Waals surface area contributed by atoms with Gasteiger partial charge in [0.05, 0.1) is 6.61 Å². The van der Waals surface area contributed by atoms with Crippen molar-refractivity contribution in [3.63, 3.8) is 0 Å². The van der Waals surface area contributed by atoms with Gasteiger partial charge in [0.2, 0.25) is 0 Å². The number of nitrogens with one attached hydrogen (secondary N) is 2. The van der Waals surface area contributed by atoms with Gasteiger partial charge >= 0.3 is 12.0 Å². The fourth-order valence-electron chi connectivity index (χ4n) is 1.26. The Hall–Kier alpha value is -1.30. The number of urea groups is 1. The summed E-state index contributed by atoms with van der Waals surface area (Å²) < 4.78 is 5.29. The van der Waals surface area contributed by atoms with E-state index in [4.69, 9.17) is 9.84 Å². The molecule has 0 saturated carbocycles. The largest absolute Gasteiger partial charge is 0.480 e. The van der Waals surface area contributed by atoms with Gasteiger partial charge in [-0.05, 0) is 11.8 Å². The number of hydrogen-bond donors (Lipinski definition) is 3. The third-order valence-electron chi connectivity index (χ3n) is 2.20. The topological polar surface area (TPSA) is 87.7 Å². The molecule has 0 aliphatic rings. The van der Waals surface area contributed by atoms with Crippen molar-refractivity contribution < 1.29 is 19.4 Å². The lowest BCUT2D eigenvalue weighted by molar-refractivity contribution is -0.140. The Bertz CT molecular complexity index is 267. The third-order valence-corrected chi connectivity index (χ3v) is 2.20. The van der Waals surface area contributed by atoms with Crippen LogP contribution in [0.2, 0.25) is 0 Å². The molecular formula is C12H24N2O4. The molecule has 6 nitrogen and oxygen atoms in total. The summed E-state index contributed by atoms with van der Waals surface area (Å²) in [5.41, 5.74) is 0. The van der Waals surface area contributed by atoms with Crippen LogP contribution in [0.5, 0.6) is 0 Å². The van der Waals surface area contributed by atoms with Gasteiger partial charge in [0.25, 0.3) is 0 Å². The van der Waals surface area contributed by atoms with Gasteiger partial charge in [-0.3, -0.25) is 0 Å². The maximum Gasteiger partial charge on any atom is 0.326 e. The second kappa shape index (κ2) is 8.74. The summed E-state index contributed by atoms with van der Waals surface area (Å²) in [5, 5.41) is 13.9. The molecule has 0 radical (unpaired) electrons. The lowest BCUT2D eigenvalue weighted by Gasteiger charge is -2.18. The highest BCUT2D eigenvalue weighted by Crippen LogP contribution is 2.01. The maximum absolute atomic E-state index is 11.4. The van der Waals surface area contributed by atoms with Crippen LogP contribution in [0, 0.1) is 11.8 Å². The molecule has 106 valence electrons. The lowest BCUT2D eigenvalue weighted by atomic mass is 10.1. The van der Waals surface area contributed by atoms with E-state index < -0.39 is 18.0 Å². The highest BCUT2D eigenvalue weighted by Gasteiger charge is 2.22. The first-order valence-electron chi connectivity index (χ1n) is 6.19. The second-order valence-corrected chi connectivity index (χ2v) is 4.93. The summed E-state index contributed by atoms with van der Waals surface area (Å²) in [6, 6.07) is -1.36. The minimum Gasteiger partial charge on any atom is -0.480 e. The van der Waals surface area contributed by atoms with Crippen LogP contribution in [0.1, 0.15) is 27.7 Å². The SMILES string of the molecule is CC(C)COCCNC(=O)NC(C(=O)O)C(C)C. The Morgan fingerprint density at radius 2 is 1.83 bits per heavy atom. The minimum absolute atomic E-state index is 0.162. The molecule has 0 bridgehead atoms. The average Bonchev–Trinajstić information content (AvgIpc) is 2.24. The predicted octanol–water partition coefficient (Wildman–Crippen LogP) is 1.07.